The van der Waals surface area contributed by atoms with E-state index in [9.17, 15) is 8.42 Å². The molecule has 2 aromatic heterocycles. The monoisotopic (exact) mass is 425 g/mol. The first-order valence-corrected chi connectivity index (χ1v) is 11.2. The van der Waals surface area contributed by atoms with E-state index in [2.05, 4.69) is 25.0 Å². The van der Waals surface area contributed by atoms with Crippen LogP contribution in [0, 0.1) is 13.8 Å². The van der Waals surface area contributed by atoms with E-state index in [1.54, 1.807) is 35.6 Å². The summed E-state index contributed by atoms with van der Waals surface area (Å²) in [7, 11) is -3.80. The molecule has 4 aromatic rings. The molecular formula is C20H19N5O2S2. The lowest BCUT2D eigenvalue weighted by Crippen LogP contribution is -2.16. The molecule has 0 fully saturated rings. The van der Waals surface area contributed by atoms with Crippen molar-refractivity contribution >= 4 is 44.0 Å². The Kier molecular flexibility index (Phi) is 5.16. The zero-order chi connectivity index (χ0) is 20.4. The van der Waals surface area contributed by atoms with Crippen LogP contribution in [0.15, 0.2) is 59.5 Å². The number of aromatic nitrogens is 3. The maximum Gasteiger partial charge on any atom is 0.263 e. The number of sulfonamides is 1. The van der Waals surface area contributed by atoms with Gasteiger partial charge in [0.05, 0.1) is 33.2 Å². The lowest BCUT2D eigenvalue weighted by atomic mass is 10.3. The molecule has 0 aliphatic rings. The summed E-state index contributed by atoms with van der Waals surface area (Å²) in [6, 6.07) is 15.5. The van der Waals surface area contributed by atoms with Gasteiger partial charge in [0.1, 0.15) is 0 Å². The zero-order valence-electron chi connectivity index (χ0n) is 15.9. The lowest BCUT2D eigenvalue weighted by Gasteiger charge is -2.13. The number of hydrogen-bond donors (Lipinski definition) is 2. The van der Waals surface area contributed by atoms with Gasteiger partial charge in [0.25, 0.3) is 10.0 Å². The molecule has 0 atom stereocenters. The molecule has 0 bridgehead atoms. The summed E-state index contributed by atoms with van der Waals surface area (Å²) >= 11 is 1.62. The van der Waals surface area contributed by atoms with Gasteiger partial charge in [-0.15, -0.1) is 11.3 Å². The second-order valence-electron chi connectivity index (χ2n) is 6.42. The molecule has 9 heteroatoms. The van der Waals surface area contributed by atoms with E-state index in [1.807, 2.05) is 32.0 Å². The summed E-state index contributed by atoms with van der Waals surface area (Å²) in [6.07, 6.45) is 0. The molecule has 2 aromatic carbocycles. The van der Waals surface area contributed by atoms with E-state index >= 15 is 0 Å². The first kappa shape index (κ1) is 19.3. The highest BCUT2D eigenvalue weighted by Crippen LogP contribution is 2.25. The third-order valence-corrected chi connectivity index (χ3v) is 6.56. The van der Waals surface area contributed by atoms with Crippen molar-refractivity contribution in [1.29, 1.82) is 0 Å². The molecule has 0 spiro atoms. The minimum Gasteiger partial charge on any atom is -0.361 e. The summed E-state index contributed by atoms with van der Waals surface area (Å²) in [6.45, 7) is 4.38. The lowest BCUT2D eigenvalue weighted by molar-refractivity contribution is 0.601. The Labute approximate surface area is 172 Å². The molecule has 4 rings (SSSR count). The zero-order valence-corrected chi connectivity index (χ0v) is 17.5. The second-order valence-corrected chi connectivity index (χ2v) is 9.51. The number of hydrogen-bond acceptors (Lipinski definition) is 7. The average molecular weight is 426 g/mol. The number of aryl methyl sites for hydroxylation is 2. The Morgan fingerprint density at radius 3 is 2.10 bits per heavy atom. The number of rotatable bonds is 6. The van der Waals surface area contributed by atoms with Crippen LogP contribution in [-0.4, -0.2) is 23.4 Å². The number of nitrogens with zero attached hydrogens (tertiary/aromatic N) is 3. The van der Waals surface area contributed by atoms with Crippen molar-refractivity contribution in [3.05, 3.63) is 70.2 Å². The Morgan fingerprint density at radius 2 is 1.48 bits per heavy atom. The van der Waals surface area contributed by atoms with E-state index < -0.39 is 10.0 Å². The van der Waals surface area contributed by atoms with E-state index in [1.165, 1.54) is 12.1 Å². The number of para-hydroxylation sites is 2. The Hall–Kier alpha value is -3.04. The van der Waals surface area contributed by atoms with Crippen LogP contribution < -0.4 is 10.0 Å². The van der Waals surface area contributed by atoms with Gasteiger partial charge >= 0.3 is 0 Å². The van der Waals surface area contributed by atoms with Gasteiger partial charge in [-0.05, 0) is 38.1 Å². The number of thiazole rings is 1. The van der Waals surface area contributed by atoms with E-state index in [0.717, 1.165) is 15.6 Å². The standard InChI is InChI=1S/C20H19N5O2S2/c1-13-18(22-14(2)28-13)12-21-19-20(24-17-11-7-6-10-16(17)23-19)25-29(26,27)15-8-4-3-5-9-15/h3-11H,12H2,1-2H3,(H,21,23)(H,24,25). The van der Waals surface area contributed by atoms with Gasteiger partial charge in [-0.2, -0.15) is 0 Å². The van der Waals surface area contributed by atoms with Crippen molar-refractivity contribution < 1.29 is 8.42 Å². The highest BCUT2D eigenvalue weighted by Gasteiger charge is 2.19. The third kappa shape index (κ3) is 4.20. The predicted octanol–water partition coefficient (Wildman–Crippen LogP) is 4.12. The van der Waals surface area contributed by atoms with Gasteiger partial charge in [0.2, 0.25) is 0 Å². The Bertz CT molecular complexity index is 1270. The fraction of sp³-hybridized carbons (Fsp3) is 0.150. The van der Waals surface area contributed by atoms with Gasteiger partial charge in [-0.3, -0.25) is 4.72 Å². The van der Waals surface area contributed by atoms with Crippen molar-refractivity contribution in [3.63, 3.8) is 0 Å². The summed E-state index contributed by atoms with van der Waals surface area (Å²) in [4.78, 5) is 14.8. The first-order valence-electron chi connectivity index (χ1n) is 8.94. The summed E-state index contributed by atoms with van der Waals surface area (Å²) in [5.74, 6) is 0.505. The van der Waals surface area contributed by atoms with Crippen molar-refractivity contribution in [2.24, 2.45) is 0 Å². The van der Waals surface area contributed by atoms with Crippen LogP contribution in [0.2, 0.25) is 0 Å². The second kappa shape index (κ2) is 7.76. The first-order chi connectivity index (χ1) is 13.9. The van der Waals surface area contributed by atoms with Gasteiger partial charge in [0, 0.05) is 4.88 Å². The molecular weight excluding hydrogens is 406 g/mol. The van der Waals surface area contributed by atoms with Crippen LogP contribution in [0.5, 0.6) is 0 Å². The molecule has 0 aliphatic carbocycles. The molecule has 29 heavy (non-hydrogen) atoms. The van der Waals surface area contributed by atoms with Gasteiger partial charge in [-0.25, -0.2) is 23.4 Å². The SMILES string of the molecule is Cc1nc(CNc2nc3ccccc3nc2NS(=O)(=O)c2ccccc2)c(C)s1. The molecule has 148 valence electrons. The normalized spacial score (nSPS) is 11.5. The van der Waals surface area contributed by atoms with Crippen molar-refractivity contribution in [2.75, 3.05) is 10.0 Å². The summed E-state index contributed by atoms with van der Waals surface area (Å²) in [5, 5.41) is 4.17. The smallest absolute Gasteiger partial charge is 0.263 e. The number of nitrogens with one attached hydrogen (secondary N) is 2. The molecule has 0 amide bonds. The molecule has 2 heterocycles. The highest BCUT2D eigenvalue weighted by molar-refractivity contribution is 7.92. The van der Waals surface area contributed by atoms with Gasteiger partial charge < -0.3 is 5.32 Å². The van der Waals surface area contributed by atoms with Crippen LogP contribution in [0.4, 0.5) is 11.6 Å². The van der Waals surface area contributed by atoms with Gasteiger partial charge in [-0.1, -0.05) is 30.3 Å². The highest BCUT2D eigenvalue weighted by atomic mass is 32.2. The topological polar surface area (TPSA) is 96.9 Å². The van der Waals surface area contributed by atoms with Crippen molar-refractivity contribution in [3.8, 4) is 0 Å². The molecule has 0 radical (unpaired) electrons. The van der Waals surface area contributed by atoms with Gasteiger partial charge in [0.15, 0.2) is 11.6 Å². The average Bonchev–Trinajstić information content (AvgIpc) is 3.03. The fourth-order valence-electron chi connectivity index (χ4n) is 2.88. The fourth-order valence-corrected chi connectivity index (χ4v) is 4.75. The van der Waals surface area contributed by atoms with E-state index in [0.29, 0.717) is 23.4 Å². The van der Waals surface area contributed by atoms with Crippen LogP contribution in [0.3, 0.4) is 0 Å². The minimum atomic E-state index is -3.80. The third-order valence-electron chi connectivity index (χ3n) is 4.28. The van der Waals surface area contributed by atoms with Crippen LogP contribution in [0.1, 0.15) is 15.6 Å². The molecule has 7 nitrogen and oxygen atoms in total. The van der Waals surface area contributed by atoms with Crippen LogP contribution >= 0.6 is 11.3 Å². The van der Waals surface area contributed by atoms with E-state index in [-0.39, 0.29) is 10.7 Å². The van der Waals surface area contributed by atoms with E-state index in [4.69, 9.17) is 0 Å². The molecule has 0 saturated carbocycles. The quantitative estimate of drug-likeness (QED) is 0.482. The molecule has 0 aliphatic heterocycles. The van der Waals surface area contributed by atoms with Crippen molar-refractivity contribution in [2.45, 2.75) is 25.3 Å². The largest absolute Gasteiger partial charge is 0.361 e. The minimum absolute atomic E-state index is 0.150. The summed E-state index contributed by atoms with van der Waals surface area (Å²) in [5.41, 5.74) is 2.17. The van der Waals surface area contributed by atoms with Crippen LogP contribution in [0.25, 0.3) is 11.0 Å². The maximum absolute atomic E-state index is 12.8. The summed E-state index contributed by atoms with van der Waals surface area (Å²) < 4.78 is 28.2. The molecule has 0 saturated heterocycles. The Balaban J connectivity index is 1.71. The molecule has 2 N–H and O–H groups in total. The number of benzene rings is 2. The van der Waals surface area contributed by atoms with Crippen molar-refractivity contribution in [1.82, 2.24) is 15.0 Å². The molecule has 0 unspecified atom stereocenters. The number of fused-ring (bicyclic) bond motifs is 1. The number of anilines is 2. The van der Waals surface area contributed by atoms with Crippen LogP contribution in [-0.2, 0) is 16.6 Å². The maximum atomic E-state index is 12.8. The Morgan fingerprint density at radius 1 is 0.862 bits per heavy atom. The predicted molar refractivity (Wildman–Crippen MR) is 116 cm³/mol.